The molecule has 3 rings (SSSR count). The smallest absolute Gasteiger partial charge is 0.261 e. The molecule has 3 aromatic rings. The van der Waals surface area contributed by atoms with Crippen LogP contribution < -0.4 is 15.8 Å². The van der Waals surface area contributed by atoms with E-state index in [2.05, 4.69) is 10.0 Å². The number of nitrogens with one attached hydrogen (secondary N) is 2. The third-order valence-corrected chi connectivity index (χ3v) is 5.96. The second-order valence-corrected chi connectivity index (χ2v) is 8.89. The molecule has 0 aliphatic heterocycles. The average Bonchev–Trinajstić information content (AvgIpc) is 2.77. The van der Waals surface area contributed by atoms with Gasteiger partial charge in [-0.3, -0.25) is 9.52 Å². The zero-order valence-corrected chi connectivity index (χ0v) is 18.3. The molecule has 8 heteroatoms. The van der Waals surface area contributed by atoms with Crippen molar-refractivity contribution in [1.29, 1.82) is 0 Å². The van der Waals surface area contributed by atoms with Gasteiger partial charge in [0.25, 0.3) is 15.9 Å². The van der Waals surface area contributed by atoms with Crippen molar-refractivity contribution in [1.82, 2.24) is 4.90 Å². The molecule has 0 aromatic heterocycles. The zero-order chi connectivity index (χ0) is 22.4. The number of nitrogens with two attached hydrogens (primary N) is 1. The highest BCUT2D eigenvalue weighted by molar-refractivity contribution is 7.92. The van der Waals surface area contributed by atoms with Gasteiger partial charge in [-0.2, -0.15) is 0 Å². The van der Waals surface area contributed by atoms with Gasteiger partial charge < -0.3 is 16.0 Å². The van der Waals surface area contributed by atoms with Crippen molar-refractivity contribution in [3.8, 4) is 11.1 Å². The lowest BCUT2D eigenvalue weighted by Crippen LogP contribution is -2.21. The third kappa shape index (κ3) is 5.62. The maximum absolute atomic E-state index is 13.0. The van der Waals surface area contributed by atoms with E-state index in [0.29, 0.717) is 29.9 Å². The molecule has 0 saturated carbocycles. The maximum Gasteiger partial charge on any atom is 0.261 e. The van der Waals surface area contributed by atoms with Gasteiger partial charge in [-0.15, -0.1) is 0 Å². The lowest BCUT2D eigenvalue weighted by Gasteiger charge is -2.13. The monoisotopic (exact) mass is 438 g/mol. The van der Waals surface area contributed by atoms with Crippen molar-refractivity contribution in [2.24, 2.45) is 5.73 Å². The molecule has 1 amide bonds. The largest absolute Gasteiger partial charge is 0.384 e. The fraction of sp³-hybridized carbons (Fsp3) is 0.174. The lowest BCUT2D eigenvalue weighted by molar-refractivity contribution is 0.0827. The summed E-state index contributed by atoms with van der Waals surface area (Å²) in [6.45, 7) is 1.07. The van der Waals surface area contributed by atoms with Crippen molar-refractivity contribution in [2.75, 3.05) is 37.2 Å². The van der Waals surface area contributed by atoms with Crippen molar-refractivity contribution < 1.29 is 13.2 Å². The Labute approximate surface area is 182 Å². The minimum absolute atomic E-state index is 0.115. The topological polar surface area (TPSA) is 105 Å². The summed E-state index contributed by atoms with van der Waals surface area (Å²) in [5.41, 5.74) is 8.73. The first-order valence-corrected chi connectivity index (χ1v) is 11.3. The molecule has 0 fully saturated rings. The first kappa shape index (κ1) is 22.3. The molecule has 31 heavy (non-hydrogen) atoms. The van der Waals surface area contributed by atoms with Gasteiger partial charge in [0.05, 0.1) is 10.6 Å². The Hall–Kier alpha value is -3.36. The third-order valence-electron chi connectivity index (χ3n) is 4.58. The van der Waals surface area contributed by atoms with Crippen LogP contribution in [0.2, 0.25) is 0 Å². The molecule has 3 aromatic carbocycles. The number of benzene rings is 3. The SMILES string of the molecule is CN(C)C(=O)c1cccc(-c2cccc(S(=O)(=O)Nc3cccc(NCCN)c3)c2)c1. The average molecular weight is 439 g/mol. The minimum atomic E-state index is -3.80. The van der Waals surface area contributed by atoms with Gasteiger partial charge in [0.15, 0.2) is 0 Å². The van der Waals surface area contributed by atoms with Gasteiger partial charge >= 0.3 is 0 Å². The lowest BCUT2D eigenvalue weighted by atomic mass is 10.0. The number of rotatable bonds is 8. The molecule has 0 bridgehead atoms. The van der Waals surface area contributed by atoms with Crippen LogP contribution in [-0.2, 0) is 10.0 Å². The molecule has 0 aliphatic carbocycles. The van der Waals surface area contributed by atoms with Gasteiger partial charge in [-0.25, -0.2) is 8.42 Å². The molecule has 7 nitrogen and oxygen atoms in total. The highest BCUT2D eigenvalue weighted by Gasteiger charge is 2.16. The van der Waals surface area contributed by atoms with Gasteiger partial charge in [0.2, 0.25) is 0 Å². The highest BCUT2D eigenvalue weighted by atomic mass is 32.2. The Morgan fingerprint density at radius 2 is 1.55 bits per heavy atom. The summed E-state index contributed by atoms with van der Waals surface area (Å²) in [4.78, 5) is 13.9. The molecule has 0 aliphatic rings. The number of carbonyl (C=O) groups is 1. The van der Waals surface area contributed by atoms with Gasteiger partial charge in [-0.1, -0.05) is 30.3 Å². The molecule has 162 valence electrons. The van der Waals surface area contributed by atoms with E-state index < -0.39 is 10.0 Å². The predicted molar refractivity (Wildman–Crippen MR) is 125 cm³/mol. The van der Waals surface area contributed by atoms with Crippen LogP contribution in [0.25, 0.3) is 11.1 Å². The summed E-state index contributed by atoms with van der Waals surface area (Å²) >= 11 is 0. The number of hydrogen-bond donors (Lipinski definition) is 3. The van der Waals surface area contributed by atoms with Gasteiger partial charge in [0, 0.05) is 38.4 Å². The normalized spacial score (nSPS) is 11.1. The Morgan fingerprint density at radius 1 is 0.903 bits per heavy atom. The van der Waals surface area contributed by atoms with Crippen LogP contribution in [0, 0.1) is 0 Å². The van der Waals surface area contributed by atoms with Crippen LogP contribution >= 0.6 is 0 Å². The molecule has 4 N–H and O–H groups in total. The number of sulfonamides is 1. The highest BCUT2D eigenvalue weighted by Crippen LogP contribution is 2.25. The minimum Gasteiger partial charge on any atom is -0.384 e. The molecule has 0 spiro atoms. The second-order valence-electron chi connectivity index (χ2n) is 7.21. The Balaban J connectivity index is 1.87. The van der Waals surface area contributed by atoms with Crippen LogP contribution in [0.1, 0.15) is 10.4 Å². The van der Waals surface area contributed by atoms with Crippen molar-refractivity contribution in [3.63, 3.8) is 0 Å². The number of hydrogen-bond acceptors (Lipinski definition) is 5. The first-order chi connectivity index (χ1) is 14.8. The van der Waals surface area contributed by atoms with Gasteiger partial charge in [0.1, 0.15) is 0 Å². The summed E-state index contributed by atoms with van der Waals surface area (Å²) < 4.78 is 28.5. The number of nitrogens with zero attached hydrogens (tertiary/aromatic N) is 1. The van der Waals surface area contributed by atoms with E-state index >= 15 is 0 Å². The van der Waals surface area contributed by atoms with Crippen LogP contribution in [-0.4, -0.2) is 46.4 Å². The van der Waals surface area contributed by atoms with E-state index in [1.54, 1.807) is 62.6 Å². The number of amides is 1. The van der Waals surface area contributed by atoms with Crippen LogP contribution in [0.3, 0.4) is 0 Å². The molecule has 0 unspecified atom stereocenters. The van der Waals surface area contributed by atoms with Crippen molar-refractivity contribution in [3.05, 3.63) is 78.4 Å². The summed E-state index contributed by atoms with van der Waals surface area (Å²) in [6.07, 6.45) is 0. The standard InChI is InChI=1S/C23H26N4O3S/c1-27(2)23(28)19-8-3-6-17(14-19)18-7-4-11-22(15-18)31(29,30)26-21-10-5-9-20(16-21)25-13-12-24/h3-11,14-16,25-26H,12-13,24H2,1-2H3. The van der Waals surface area contributed by atoms with Crippen LogP contribution in [0.15, 0.2) is 77.7 Å². The molecular formula is C23H26N4O3S. The second kappa shape index (κ2) is 9.63. The van der Waals surface area contributed by atoms with Crippen molar-refractivity contribution in [2.45, 2.75) is 4.90 Å². The summed E-state index contributed by atoms with van der Waals surface area (Å²) in [5, 5.41) is 3.12. The molecule has 0 saturated heterocycles. The first-order valence-electron chi connectivity index (χ1n) is 9.79. The summed E-state index contributed by atoms with van der Waals surface area (Å²) in [7, 11) is -0.421. The quantitative estimate of drug-likeness (QED) is 0.501. The van der Waals surface area contributed by atoms with E-state index in [1.807, 2.05) is 18.2 Å². The van der Waals surface area contributed by atoms with E-state index in [1.165, 1.54) is 11.0 Å². The summed E-state index contributed by atoms with van der Waals surface area (Å²) in [6, 6.07) is 20.8. The molecule has 0 radical (unpaired) electrons. The van der Waals surface area contributed by atoms with E-state index in [9.17, 15) is 13.2 Å². The number of carbonyl (C=O) groups excluding carboxylic acids is 1. The fourth-order valence-electron chi connectivity index (χ4n) is 3.06. The van der Waals surface area contributed by atoms with E-state index in [0.717, 1.165) is 11.3 Å². The maximum atomic E-state index is 13.0. The van der Waals surface area contributed by atoms with Crippen molar-refractivity contribution >= 4 is 27.3 Å². The molecule has 0 heterocycles. The predicted octanol–water partition coefficient (Wildman–Crippen LogP) is 3.23. The van der Waals surface area contributed by atoms with E-state index in [4.69, 9.17) is 5.73 Å². The fourth-order valence-corrected chi connectivity index (χ4v) is 4.15. The molecule has 0 atom stereocenters. The Kier molecular flexibility index (Phi) is 6.94. The Bertz CT molecular complexity index is 1180. The van der Waals surface area contributed by atoms with Crippen LogP contribution in [0.4, 0.5) is 11.4 Å². The zero-order valence-electron chi connectivity index (χ0n) is 17.5. The summed E-state index contributed by atoms with van der Waals surface area (Å²) in [5.74, 6) is -0.115. The Morgan fingerprint density at radius 3 is 2.26 bits per heavy atom. The molecular weight excluding hydrogens is 412 g/mol. The van der Waals surface area contributed by atoms with E-state index in [-0.39, 0.29) is 10.8 Å². The number of anilines is 2. The van der Waals surface area contributed by atoms with Gasteiger partial charge in [-0.05, 0) is 53.6 Å². The van der Waals surface area contributed by atoms with Crippen LogP contribution in [0.5, 0.6) is 0 Å².